The van der Waals surface area contributed by atoms with Gasteiger partial charge in [0.25, 0.3) is 0 Å². The fraction of sp³-hybridized carbons (Fsp3) is 0. The summed E-state index contributed by atoms with van der Waals surface area (Å²) >= 11 is 0. The van der Waals surface area contributed by atoms with E-state index in [0.717, 1.165) is 36.7 Å². The maximum Gasteiger partial charge on any atom is 0.245 e. The Morgan fingerprint density at radius 1 is 0.577 bits per heavy atom. The molecule has 0 aromatic carbocycles. The number of aromatic nitrogens is 4. The number of rotatable bonds is 4. The minimum absolute atomic E-state index is 0.926. The van der Waals surface area contributed by atoms with Crippen LogP contribution in [0.5, 0.6) is 0 Å². The van der Waals surface area contributed by atoms with E-state index in [-0.39, 0.29) is 0 Å². The lowest BCUT2D eigenvalue weighted by Crippen LogP contribution is -2.77. The Labute approximate surface area is 156 Å². The minimum Gasteiger partial charge on any atom is -0.267 e. The average Bonchev–Trinajstić information content (AvgIpc) is 2.72. The van der Waals surface area contributed by atoms with Gasteiger partial charge in [0.05, 0.1) is 10.2 Å². The fourth-order valence-electron chi connectivity index (χ4n) is 3.28. The molecule has 26 heavy (non-hydrogen) atoms. The lowest BCUT2D eigenvalue weighted by Gasteiger charge is -2.30. The number of nitrogens with zero attached hydrogens (tertiary/aromatic N) is 4. The highest BCUT2D eigenvalue weighted by molar-refractivity contribution is 7.18. The molecule has 0 radical (unpaired) electrons. The topological polar surface area (TPSA) is 51.6 Å². The zero-order chi connectivity index (χ0) is 17.8. The van der Waals surface area contributed by atoms with E-state index < -0.39 is 8.07 Å². The van der Waals surface area contributed by atoms with Crippen LogP contribution in [0.15, 0.2) is 91.5 Å². The zero-order valence-corrected chi connectivity index (χ0v) is 17.4. The molecular weight excluding hydrogens is 352 g/mol. The summed E-state index contributed by atoms with van der Waals surface area (Å²) in [4.78, 5) is 18.9. The molecule has 4 rings (SSSR count). The summed E-state index contributed by atoms with van der Waals surface area (Å²) in [5.41, 5.74) is 0. The van der Waals surface area contributed by atoms with Gasteiger partial charge in [-0.05, 0) is 47.7 Å². The summed E-state index contributed by atoms with van der Waals surface area (Å²) in [5, 5.41) is 5.31. The normalized spacial score (nSPS) is 11.4. The lowest BCUT2D eigenvalue weighted by atomic mass is 10.5. The molecule has 0 N–H and O–H groups in total. The second kappa shape index (κ2) is 7.11. The molecule has 0 amide bonds. The Balaban J connectivity index is 2.12. The molecule has 0 aliphatic heterocycles. The van der Waals surface area contributed by atoms with E-state index in [9.17, 15) is 0 Å². The molecule has 4 heterocycles. The fourth-order valence-corrected chi connectivity index (χ4v) is 7.69. The molecule has 0 saturated heterocycles. The van der Waals surface area contributed by atoms with Crippen LogP contribution in [0.3, 0.4) is 0 Å². The van der Waals surface area contributed by atoms with Gasteiger partial charge in [-0.15, -0.1) is 0 Å². The first-order chi connectivity index (χ1) is 12.8. The van der Waals surface area contributed by atoms with Crippen LogP contribution < -0.4 is 26.5 Å². The van der Waals surface area contributed by atoms with E-state index in [1.807, 2.05) is 61.2 Å². The van der Waals surface area contributed by atoms with Gasteiger partial charge in [-0.2, -0.15) is 0 Å². The van der Waals surface area contributed by atoms with Crippen molar-refractivity contribution in [3.05, 3.63) is 91.5 Å². The van der Waals surface area contributed by atoms with Gasteiger partial charge in [-0.3, -0.25) is 19.9 Å². The molecule has 0 bridgehead atoms. The summed E-state index contributed by atoms with van der Waals surface area (Å²) in [6, 6.07) is 22.5. The standard InChI is InChI=1S/C20H18N4Si2/c25-17-11-10-16(15-24-17)26(18-7-1-4-12-21-18,19-8-2-5-13-22-19)20-9-3-6-14-23-20/h1-15H,25H3. The van der Waals surface area contributed by atoms with E-state index in [1.54, 1.807) is 0 Å². The Bertz CT molecular complexity index is 882. The highest BCUT2D eigenvalue weighted by Crippen LogP contribution is 2.04. The molecule has 4 nitrogen and oxygen atoms in total. The van der Waals surface area contributed by atoms with Gasteiger partial charge in [-0.1, -0.05) is 24.3 Å². The highest BCUT2D eigenvalue weighted by atomic mass is 28.3. The van der Waals surface area contributed by atoms with Gasteiger partial charge in [0, 0.05) is 46.1 Å². The maximum absolute atomic E-state index is 4.77. The van der Waals surface area contributed by atoms with Crippen molar-refractivity contribution >= 4 is 44.8 Å². The molecular formula is C20H18N4Si2. The van der Waals surface area contributed by atoms with Crippen LogP contribution in [0, 0.1) is 0 Å². The Hall–Kier alpha value is -2.97. The Morgan fingerprint density at radius 2 is 1.08 bits per heavy atom. The number of hydrogen-bond acceptors (Lipinski definition) is 4. The molecule has 4 aromatic heterocycles. The van der Waals surface area contributed by atoms with Crippen molar-refractivity contribution < 1.29 is 0 Å². The van der Waals surface area contributed by atoms with Gasteiger partial charge in [0.2, 0.25) is 8.07 Å². The van der Waals surface area contributed by atoms with Crippen molar-refractivity contribution in [1.82, 2.24) is 19.9 Å². The first-order valence-electron chi connectivity index (χ1n) is 8.49. The average molecular weight is 371 g/mol. The molecule has 0 saturated carbocycles. The van der Waals surface area contributed by atoms with Crippen molar-refractivity contribution in [2.75, 3.05) is 0 Å². The van der Waals surface area contributed by atoms with E-state index in [0.29, 0.717) is 0 Å². The van der Waals surface area contributed by atoms with Crippen molar-refractivity contribution in [2.45, 2.75) is 0 Å². The molecule has 0 aliphatic rings. The monoisotopic (exact) mass is 370 g/mol. The van der Waals surface area contributed by atoms with E-state index in [1.165, 1.54) is 0 Å². The minimum atomic E-state index is -2.70. The second-order valence-corrected chi connectivity index (χ2v) is 10.7. The molecule has 0 fully saturated rings. The molecule has 4 aromatic rings. The van der Waals surface area contributed by atoms with Crippen LogP contribution in [0.4, 0.5) is 0 Å². The third-order valence-corrected chi connectivity index (χ3v) is 9.44. The largest absolute Gasteiger partial charge is 0.267 e. The van der Waals surface area contributed by atoms with Gasteiger partial charge in [0.15, 0.2) is 0 Å². The smallest absolute Gasteiger partial charge is 0.245 e. The maximum atomic E-state index is 4.77. The predicted octanol–water partition coefficient (Wildman–Crippen LogP) is -1.37. The Kier molecular flexibility index (Phi) is 4.51. The van der Waals surface area contributed by atoms with Gasteiger partial charge < -0.3 is 0 Å². The molecule has 126 valence electrons. The number of hydrogen-bond donors (Lipinski definition) is 0. The van der Waals surface area contributed by atoms with Crippen molar-refractivity contribution in [3.63, 3.8) is 0 Å². The summed E-state index contributed by atoms with van der Waals surface area (Å²) in [6.45, 7) is 0. The van der Waals surface area contributed by atoms with Crippen LogP contribution in [-0.2, 0) is 0 Å². The highest BCUT2D eigenvalue weighted by Gasteiger charge is 2.46. The van der Waals surface area contributed by atoms with Crippen molar-refractivity contribution in [3.8, 4) is 0 Å². The van der Waals surface area contributed by atoms with Crippen LogP contribution in [0.2, 0.25) is 0 Å². The summed E-state index contributed by atoms with van der Waals surface area (Å²) < 4.78 is 0. The van der Waals surface area contributed by atoms with Gasteiger partial charge in [0.1, 0.15) is 0 Å². The summed E-state index contributed by atoms with van der Waals surface area (Å²) in [6.07, 6.45) is 7.53. The van der Waals surface area contributed by atoms with E-state index in [4.69, 9.17) is 15.0 Å². The molecule has 6 heteroatoms. The quantitative estimate of drug-likeness (QED) is 0.416. The zero-order valence-electron chi connectivity index (χ0n) is 14.4. The van der Waals surface area contributed by atoms with Gasteiger partial charge >= 0.3 is 0 Å². The summed E-state index contributed by atoms with van der Waals surface area (Å²) in [5.74, 6) is 0. The van der Waals surface area contributed by atoms with E-state index >= 15 is 0 Å². The molecule has 0 aliphatic carbocycles. The van der Waals surface area contributed by atoms with Gasteiger partial charge in [-0.25, -0.2) is 0 Å². The SMILES string of the molecule is [SiH3]c1ccc([Si](c2ccccn2)(c2ccccn2)c2ccccn2)cn1. The first kappa shape index (κ1) is 16.5. The van der Waals surface area contributed by atoms with Crippen LogP contribution in [0.25, 0.3) is 0 Å². The van der Waals surface area contributed by atoms with Crippen molar-refractivity contribution in [1.29, 1.82) is 0 Å². The third-order valence-electron chi connectivity index (χ3n) is 4.49. The third kappa shape index (κ3) is 2.79. The van der Waals surface area contributed by atoms with E-state index in [2.05, 4.69) is 35.3 Å². The van der Waals surface area contributed by atoms with Crippen LogP contribution in [-0.4, -0.2) is 38.3 Å². The predicted molar refractivity (Wildman–Crippen MR) is 111 cm³/mol. The summed E-state index contributed by atoms with van der Waals surface area (Å²) in [7, 11) is -1.78. The van der Waals surface area contributed by atoms with Crippen molar-refractivity contribution in [2.24, 2.45) is 0 Å². The molecule has 0 atom stereocenters. The molecule has 0 spiro atoms. The number of pyridine rings is 4. The lowest BCUT2D eigenvalue weighted by molar-refractivity contribution is 1.31. The first-order valence-corrected chi connectivity index (χ1v) is 11.5. The molecule has 0 unspecified atom stereocenters. The Morgan fingerprint density at radius 3 is 1.42 bits per heavy atom. The van der Waals surface area contributed by atoms with Crippen LogP contribution >= 0.6 is 0 Å². The second-order valence-electron chi connectivity index (χ2n) is 6.08. The van der Waals surface area contributed by atoms with Crippen LogP contribution in [0.1, 0.15) is 0 Å².